The maximum Gasteiger partial charge on any atom is 0.262 e. The molecule has 0 aliphatic carbocycles. The number of benzene rings is 1. The lowest BCUT2D eigenvalue weighted by atomic mass is 9.92. The third kappa shape index (κ3) is 4.90. The molecule has 0 radical (unpaired) electrons. The number of halogens is 1. The Labute approximate surface area is 175 Å². The smallest absolute Gasteiger partial charge is 0.262 e. The highest BCUT2D eigenvalue weighted by Crippen LogP contribution is 2.24. The summed E-state index contributed by atoms with van der Waals surface area (Å²) in [5.74, 6) is 1.74. The maximum atomic E-state index is 13.0. The molecule has 1 aromatic carbocycles. The van der Waals surface area contributed by atoms with Gasteiger partial charge < -0.3 is 4.90 Å². The Hall–Kier alpha value is -1.53. The van der Waals surface area contributed by atoms with Crippen molar-refractivity contribution in [2.75, 3.05) is 18.8 Å². The first-order valence-corrected chi connectivity index (χ1v) is 11.2. The van der Waals surface area contributed by atoms with Gasteiger partial charge in [-0.3, -0.25) is 14.2 Å². The number of thioether (sulfide) groups is 1. The quantitative estimate of drug-likeness (QED) is 0.533. The monoisotopic (exact) mass is 421 g/mol. The topological polar surface area (TPSA) is 55.2 Å². The van der Waals surface area contributed by atoms with Crippen molar-refractivity contribution in [3.63, 3.8) is 0 Å². The highest BCUT2D eigenvalue weighted by molar-refractivity contribution is 7.99. The van der Waals surface area contributed by atoms with E-state index in [0.717, 1.165) is 19.5 Å². The van der Waals surface area contributed by atoms with Crippen LogP contribution in [-0.4, -0.2) is 39.2 Å². The lowest BCUT2D eigenvalue weighted by Gasteiger charge is -2.35. The van der Waals surface area contributed by atoms with Crippen LogP contribution in [0.5, 0.6) is 0 Å². The molecule has 0 N–H and O–H groups in total. The molecule has 0 bridgehead atoms. The number of hydrogen-bond donors (Lipinski definition) is 0. The van der Waals surface area contributed by atoms with Crippen LogP contribution in [0.15, 0.2) is 28.2 Å². The Morgan fingerprint density at radius 1 is 1.29 bits per heavy atom. The second kappa shape index (κ2) is 8.87. The maximum absolute atomic E-state index is 13.0. The Kier molecular flexibility index (Phi) is 6.71. The molecule has 0 saturated carbocycles. The third-order valence-corrected chi connectivity index (χ3v) is 6.17. The van der Waals surface area contributed by atoms with Gasteiger partial charge in [0.15, 0.2) is 5.16 Å². The van der Waals surface area contributed by atoms with Crippen molar-refractivity contribution in [1.82, 2.24) is 14.5 Å². The van der Waals surface area contributed by atoms with Crippen molar-refractivity contribution in [3.05, 3.63) is 33.6 Å². The summed E-state index contributed by atoms with van der Waals surface area (Å²) in [5, 5.41) is 1.68. The fraction of sp³-hybridized carbons (Fsp3) is 0.571. The molecule has 1 amide bonds. The van der Waals surface area contributed by atoms with Gasteiger partial charge in [-0.25, -0.2) is 4.98 Å². The standard InChI is InChI=1S/C21H28ClN3O2S/c1-13(2)9-25-20(27)17-6-5-16(22)8-18(17)23-21(25)28-12-19(26)24-10-14(3)7-15(4)11-24/h5-6,8,13-15H,7,9-12H2,1-4H3. The summed E-state index contributed by atoms with van der Waals surface area (Å²) in [6.07, 6.45) is 1.16. The molecule has 1 aliphatic heterocycles. The Morgan fingerprint density at radius 3 is 2.61 bits per heavy atom. The summed E-state index contributed by atoms with van der Waals surface area (Å²) in [7, 11) is 0. The minimum atomic E-state index is -0.0782. The van der Waals surface area contributed by atoms with Gasteiger partial charge in [-0.2, -0.15) is 0 Å². The number of carbonyl (C=O) groups is 1. The van der Waals surface area contributed by atoms with E-state index in [9.17, 15) is 9.59 Å². The Bertz CT molecular complexity index is 918. The molecule has 2 heterocycles. The van der Waals surface area contributed by atoms with Crippen LogP contribution in [0.2, 0.25) is 5.02 Å². The molecule has 0 spiro atoms. The zero-order valence-corrected chi connectivity index (χ0v) is 18.5. The molecule has 2 unspecified atom stereocenters. The number of hydrogen-bond acceptors (Lipinski definition) is 4. The third-order valence-electron chi connectivity index (χ3n) is 4.98. The van der Waals surface area contributed by atoms with Crippen molar-refractivity contribution >= 4 is 40.2 Å². The van der Waals surface area contributed by atoms with E-state index in [-0.39, 0.29) is 17.2 Å². The number of likely N-dealkylation sites (tertiary alicyclic amines) is 1. The van der Waals surface area contributed by atoms with Crippen LogP contribution in [0, 0.1) is 17.8 Å². The fourth-order valence-corrected chi connectivity index (χ4v) is 4.97. The van der Waals surface area contributed by atoms with Gasteiger partial charge in [0.1, 0.15) is 0 Å². The molecule has 1 aliphatic rings. The normalized spacial score (nSPS) is 20.1. The van der Waals surface area contributed by atoms with Gasteiger partial charge in [-0.1, -0.05) is 51.1 Å². The van der Waals surface area contributed by atoms with Crippen LogP contribution in [0.3, 0.4) is 0 Å². The van der Waals surface area contributed by atoms with E-state index in [2.05, 4.69) is 32.7 Å². The second-order valence-electron chi connectivity index (χ2n) is 8.40. The van der Waals surface area contributed by atoms with Gasteiger partial charge in [0.2, 0.25) is 5.91 Å². The van der Waals surface area contributed by atoms with Gasteiger partial charge in [-0.05, 0) is 42.4 Å². The van der Waals surface area contributed by atoms with E-state index in [1.54, 1.807) is 22.8 Å². The van der Waals surface area contributed by atoms with Gasteiger partial charge in [-0.15, -0.1) is 0 Å². The lowest BCUT2D eigenvalue weighted by Crippen LogP contribution is -2.43. The minimum absolute atomic E-state index is 0.0782. The highest BCUT2D eigenvalue weighted by atomic mass is 35.5. The first kappa shape index (κ1) is 21.2. The molecule has 2 atom stereocenters. The van der Waals surface area contributed by atoms with Crippen LogP contribution in [0.1, 0.15) is 34.1 Å². The highest BCUT2D eigenvalue weighted by Gasteiger charge is 2.25. The fourth-order valence-electron chi connectivity index (χ4n) is 3.89. The Morgan fingerprint density at radius 2 is 1.96 bits per heavy atom. The van der Waals surface area contributed by atoms with Crippen molar-refractivity contribution in [2.24, 2.45) is 17.8 Å². The summed E-state index contributed by atoms with van der Waals surface area (Å²) in [6.45, 7) is 10.7. The second-order valence-corrected chi connectivity index (χ2v) is 9.78. The van der Waals surface area contributed by atoms with Crippen LogP contribution in [-0.2, 0) is 11.3 Å². The van der Waals surface area contributed by atoms with Crippen LogP contribution in [0.25, 0.3) is 10.9 Å². The molecule has 1 fully saturated rings. The zero-order chi connectivity index (χ0) is 20.4. The molecule has 152 valence electrons. The molecule has 1 aromatic heterocycles. The molecular formula is C21H28ClN3O2S. The number of fused-ring (bicyclic) bond motifs is 1. The molecule has 5 nitrogen and oxygen atoms in total. The summed E-state index contributed by atoms with van der Waals surface area (Å²) in [6, 6.07) is 5.14. The molecule has 28 heavy (non-hydrogen) atoms. The van der Waals surface area contributed by atoms with Crippen LogP contribution < -0.4 is 5.56 Å². The predicted molar refractivity (Wildman–Crippen MR) is 116 cm³/mol. The summed E-state index contributed by atoms with van der Waals surface area (Å²) in [4.78, 5) is 32.4. The predicted octanol–water partition coefficient (Wildman–Crippen LogP) is 4.30. The van der Waals surface area contributed by atoms with Crippen LogP contribution in [0.4, 0.5) is 0 Å². The molecule has 3 rings (SSSR count). The van der Waals surface area contributed by atoms with Gasteiger partial charge in [0.05, 0.1) is 16.7 Å². The Balaban J connectivity index is 1.86. The van der Waals surface area contributed by atoms with Gasteiger partial charge in [0.25, 0.3) is 5.56 Å². The summed E-state index contributed by atoms with van der Waals surface area (Å²) >= 11 is 7.43. The number of nitrogens with zero attached hydrogens (tertiary/aromatic N) is 3. The molecule has 2 aromatic rings. The number of aromatic nitrogens is 2. The van der Waals surface area contributed by atoms with Crippen molar-refractivity contribution < 1.29 is 4.79 Å². The molecular weight excluding hydrogens is 394 g/mol. The SMILES string of the molecule is CC(C)Cn1c(SCC(=O)N2CC(C)CC(C)C2)nc2cc(Cl)ccc2c1=O. The van der Waals surface area contributed by atoms with E-state index in [0.29, 0.717) is 45.4 Å². The summed E-state index contributed by atoms with van der Waals surface area (Å²) < 4.78 is 1.69. The van der Waals surface area contributed by atoms with Crippen molar-refractivity contribution in [2.45, 2.75) is 45.8 Å². The van der Waals surface area contributed by atoms with E-state index in [1.165, 1.54) is 11.8 Å². The van der Waals surface area contributed by atoms with Crippen LogP contribution >= 0.6 is 23.4 Å². The van der Waals surface area contributed by atoms with Gasteiger partial charge >= 0.3 is 0 Å². The van der Waals surface area contributed by atoms with E-state index in [4.69, 9.17) is 11.6 Å². The van der Waals surface area contributed by atoms with E-state index in [1.807, 2.05) is 4.90 Å². The summed E-state index contributed by atoms with van der Waals surface area (Å²) in [5.41, 5.74) is 0.498. The zero-order valence-electron chi connectivity index (χ0n) is 16.9. The van der Waals surface area contributed by atoms with Crippen molar-refractivity contribution in [1.29, 1.82) is 0 Å². The molecule has 7 heteroatoms. The van der Waals surface area contributed by atoms with Crippen molar-refractivity contribution in [3.8, 4) is 0 Å². The van der Waals surface area contributed by atoms with E-state index < -0.39 is 0 Å². The first-order valence-electron chi connectivity index (χ1n) is 9.85. The first-order chi connectivity index (χ1) is 13.2. The minimum Gasteiger partial charge on any atom is -0.341 e. The number of rotatable bonds is 5. The average Bonchev–Trinajstić information content (AvgIpc) is 2.61. The average molecular weight is 422 g/mol. The largest absolute Gasteiger partial charge is 0.341 e. The number of piperidine rings is 1. The lowest BCUT2D eigenvalue weighted by molar-refractivity contribution is -0.130. The number of carbonyl (C=O) groups excluding carboxylic acids is 1. The molecule has 1 saturated heterocycles. The number of amides is 1. The van der Waals surface area contributed by atoms with E-state index >= 15 is 0 Å². The van der Waals surface area contributed by atoms with Gasteiger partial charge in [0, 0.05) is 24.7 Å².